The molecule has 0 fully saturated rings. The van der Waals surface area contributed by atoms with Gasteiger partial charge in [0.2, 0.25) is 5.91 Å². The smallest absolute Gasteiger partial charge is 0.237 e. The van der Waals surface area contributed by atoms with Gasteiger partial charge >= 0.3 is 0 Å². The Morgan fingerprint density at radius 2 is 2.00 bits per heavy atom. The number of carbonyl (C=O) groups is 1. The quantitative estimate of drug-likeness (QED) is 0.902. The van der Waals surface area contributed by atoms with E-state index in [0.717, 1.165) is 5.56 Å². The average molecular weight is 297 g/mol. The van der Waals surface area contributed by atoms with Gasteiger partial charge in [-0.1, -0.05) is 23.7 Å². The summed E-state index contributed by atoms with van der Waals surface area (Å²) in [6, 6.07) is 7.80. The molecule has 0 saturated heterocycles. The van der Waals surface area contributed by atoms with E-state index < -0.39 is 0 Å². The number of amides is 1. The first kappa shape index (κ1) is 17.0. The van der Waals surface area contributed by atoms with E-state index in [1.807, 2.05) is 43.0 Å². The number of nitrogens with zero attached hydrogens (tertiary/aromatic N) is 1. The molecule has 4 heteroatoms. The van der Waals surface area contributed by atoms with Crippen molar-refractivity contribution in [3.05, 3.63) is 34.9 Å². The molecule has 0 atom stereocenters. The zero-order chi connectivity index (χ0) is 15.3. The predicted octanol–water partition coefficient (Wildman–Crippen LogP) is 3.47. The number of halogens is 1. The fourth-order valence-corrected chi connectivity index (χ4v) is 2.05. The monoisotopic (exact) mass is 296 g/mol. The van der Waals surface area contributed by atoms with Crippen molar-refractivity contribution in [1.82, 2.24) is 10.2 Å². The molecule has 1 rings (SSSR count). The summed E-state index contributed by atoms with van der Waals surface area (Å²) in [5.41, 5.74) is 0.990. The van der Waals surface area contributed by atoms with Crippen LogP contribution < -0.4 is 5.32 Å². The molecule has 0 aliphatic heterocycles. The third-order valence-electron chi connectivity index (χ3n) is 2.96. The first-order valence-electron chi connectivity index (χ1n) is 6.98. The molecule has 0 aliphatic carbocycles. The van der Waals surface area contributed by atoms with Crippen LogP contribution in [-0.4, -0.2) is 28.9 Å². The molecule has 3 nitrogen and oxygen atoms in total. The molecule has 0 bridgehead atoms. The molecular formula is C16H25ClN2O. The lowest BCUT2D eigenvalue weighted by Crippen LogP contribution is -2.46. The zero-order valence-corrected chi connectivity index (χ0v) is 13.8. The van der Waals surface area contributed by atoms with Crippen LogP contribution in [0.5, 0.6) is 0 Å². The fourth-order valence-electron chi connectivity index (χ4n) is 1.83. The van der Waals surface area contributed by atoms with Crippen molar-refractivity contribution >= 4 is 17.5 Å². The predicted molar refractivity (Wildman–Crippen MR) is 84.9 cm³/mol. The molecule has 0 saturated carbocycles. The van der Waals surface area contributed by atoms with Gasteiger partial charge in [-0.3, -0.25) is 4.79 Å². The molecule has 0 unspecified atom stereocenters. The highest BCUT2D eigenvalue weighted by Gasteiger charge is 2.19. The van der Waals surface area contributed by atoms with Crippen molar-refractivity contribution < 1.29 is 4.79 Å². The third-order valence-corrected chi connectivity index (χ3v) is 3.19. The summed E-state index contributed by atoms with van der Waals surface area (Å²) in [5, 5.41) is 3.94. The van der Waals surface area contributed by atoms with Gasteiger partial charge in [0.25, 0.3) is 0 Å². The number of rotatable bonds is 5. The standard InChI is InChI=1S/C16H25ClN2O/c1-12(2)19(15(20)10-18-16(3,4)5)11-13-7-6-8-14(17)9-13/h6-9,12,18H,10-11H2,1-5H3. The van der Waals surface area contributed by atoms with Crippen LogP contribution in [0.25, 0.3) is 0 Å². The van der Waals surface area contributed by atoms with Crippen LogP contribution >= 0.6 is 11.6 Å². The van der Waals surface area contributed by atoms with E-state index in [1.54, 1.807) is 0 Å². The summed E-state index contributed by atoms with van der Waals surface area (Å²) in [6.07, 6.45) is 0. The van der Waals surface area contributed by atoms with Gasteiger partial charge in [-0.15, -0.1) is 0 Å². The minimum absolute atomic E-state index is 0.0611. The Balaban J connectivity index is 2.72. The van der Waals surface area contributed by atoms with E-state index in [1.165, 1.54) is 0 Å². The summed E-state index contributed by atoms with van der Waals surface area (Å²) >= 11 is 5.99. The Hall–Kier alpha value is -1.06. The van der Waals surface area contributed by atoms with Crippen LogP contribution in [-0.2, 0) is 11.3 Å². The maximum atomic E-state index is 12.4. The van der Waals surface area contributed by atoms with Crippen LogP contribution in [0.2, 0.25) is 5.02 Å². The maximum absolute atomic E-state index is 12.4. The molecule has 112 valence electrons. The molecule has 0 aromatic heterocycles. The van der Waals surface area contributed by atoms with Crippen molar-refractivity contribution in [2.24, 2.45) is 0 Å². The second-order valence-electron chi connectivity index (χ2n) is 6.35. The molecule has 1 N–H and O–H groups in total. The van der Waals surface area contributed by atoms with Gasteiger partial charge in [0, 0.05) is 23.1 Å². The SMILES string of the molecule is CC(C)N(Cc1cccc(Cl)c1)C(=O)CNC(C)(C)C. The lowest BCUT2D eigenvalue weighted by Gasteiger charge is -2.29. The first-order valence-corrected chi connectivity index (χ1v) is 7.36. The molecule has 0 radical (unpaired) electrons. The first-order chi connectivity index (χ1) is 9.19. The molecule has 20 heavy (non-hydrogen) atoms. The number of carbonyl (C=O) groups excluding carboxylic acids is 1. The van der Waals surface area contributed by atoms with Gasteiger partial charge in [-0.25, -0.2) is 0 Å². The Labute approximate surface area is 127 Å². The van der Waals surface area contributed by atoms with Gasteiger partial charge < -0.3 is 10.2 Å². The maximum Gasteiger partial charge on any atom is 0.237 e. The highest BCUT2D eigenvalue weighted by molar-refractivity contribution is 6.30. The number of hydrogen-bond acceptors (Lipinski definition) is 2. The molecule has 1 amide bonds. The molecule has 0 heterocycles. The minimum Gasteiger partial charge on any atom is -0.335 e. The van der Waals surface area contributed by atoms with E-state index in [-0.39, 0.29) is 17.5 Å². The van der Waals surface area contributed by atoms with Crippen molar-refractivity contribution in [2.75, 3.05) is 6.54 Å². The van der Waals surface area contributed by atoms with E-state index in [0.29, 0.717) is 18.1 Å². The molecular weight excluding hydrogens is 272 g/mol. The molecule has 1 aromatic rings. The molecule has 1 aromatic carbocycles. The highest BCUT2D eigenvalue weighted by atomic mass is 35.5. The lowest BCUT2D eigenvalue weighted by atomic mass is 10.1. The number of nitrogens with one attached hydrogen (secondary N) is 1. The second kappa shape index (κ2) is 7.09. The number of hydrogen-bond donors (Lipinski definition) is 1. The van der Waals surface area contributed by atoms with Gasteiger partial charge in [0.1, 0.15) is 0 Å². The lowest BCUT2D eigenvalue weighted by molar-refractivity contribution is -0.132. The summed E-state index contributed by atoms with van der Waals surface area (Å²) < 4.78 is 0. The van der Waals surface area contributed by atoms with Crippen molar-refractivity contribution in [1.29, 1.82) is 0 Å². The summed E-state index contributed by atoms with van der Waals surface area (Å²) in [7, 11) is 0. The van der Waals surface area contributed by atoms with Gasteiger partial charge in [0.05, 0.1) is 6.54 Å². The van der Waals surface area contributed by atoms with E-state index in [2.05, 4.69) is 26.1 Å². The summed E-state index contributed by atoms with van der Waals surface area (Å²) in [5.74, 6) is 0.106. The largest absolute Gasteiger partial charge is 0.335 e. The van der Waals surface area contributed by atoms with E-state index in [9.17, 15) is 4.79 Å². The highest BCUT2D eigenvalue weighted by Crippen LogP contribution is 2.14. The Morgan fingerprint density at radius 3 is 2.50 bits per heavy atom. The van der Waals surface area contributed by atoms with Crippen LogP contribution in [0, 0.1) is 0 Å². The van der Waals surface area contributed by atoms with Crippen LogP contribution in [0.4, 0.5) is 0 Å². The van der Waals surface area contributed by atoms with Crippen LogP contribution in [0.1, 0.15) is 40.2 Å². The van der Waals surface area contributed by atoms with Crippen molar-refractivity contribution in [3.8, 4) is 0 Å². The Kier molecular flexibility index (Phi) is 6.03. The van der Waals surface area contributed by atoms with Gasteiger partial charge in [0.15, 0.2) is 0 Å². The Bertz CT molecular complexity index is 452. The van der Waals surface area contributed by atoms with Crippen molar-refractivity contribution in [2.45, 2.75) is 52.7 Å². The van der Waals surface area contributed by atoms with Crippen molar-refractivity contribution in [3.63, 3.8) is 0 Å². The second-order valence-corrected chi connectivity index (χ2v) is 6.79. The topological polar surface area (TPSA) is 32.3 Å². The normalized spacial score (nSPS) is 11.8. The summed E-state index contributed by atoms with van der Waals surface area (Å²) in [4.78, 5) is 14.2. The average Bonchev–Trinajstić information content (AvgIpc) is 2.32. The molecule has 0 aliphatic rings. The third kappa shape index (κ3) is 5.93. The summed E-state index contributed by atoms with van der Waals surface area (Å²) in [6.45, 7) is 11.1. The number of benzene rings is 1. The van der Waals surface area contributed by atoms with Gasteiger partial charge in [-0.2, -0.15) is 0 Å². The van der Waals surface area contributed by atoms with E-state index >= 15 is 0 Å². The minimum atomic E-state index is -0.0611. The Morgan fingerprint density at radius 1 is 1.35 bits per heavy atom. The fraction of sp³-hybridized carbons (Fsp3) is 0.562. The zero-order valence-electron chi connectivity index (χ0n) is 13.0. The van der Waals surface area contributed by atoms with Crippen LogP contribution in [0.3, 0.4) is 0 Å². The van der Waals surface area contributed by atoms with Gasteiger partial charge in [-0.05, 0) is 52.3 Å². The van der Waals surface area contributed by atoms with Crippen LogP contribution in [0.15, 0.2) is 24.3 Å². The van der Waals surface area contributed by atoms with E-state index in [4.69, 9.17) is 11.6 Å². The molecule has 0 spiro atoms.